The monoisotopic (exact) mass is 457 g/mol. The normalized spacial score (nSPS) is 20.2. The third-order valence-electron chi connectivity index (χ3n) is 4.41. The highest BCUT2D eigenvalue weighted by Gasteiger charge is 2.44. The van der Waals surface area contributed by atoms with Crippen LogP contribution in [0, 0.1) is 5.82 Å². The fourth-order valence-electron chi connectivity index (χ4n) is 3.04. The Morgan fingerprint density at radius 2 is 1.90 bits per heavy atom. The summed E-state index contributed by atoms with van der Waals surface area (Å²) >= 11 is 7.05. The summed E-state index contributed by atoms with van der Waals surface area (Å²) in [5, 5.41) is 1.75. The molecule has 1 saturated heterocycles. The summed E-state index contributed by atoms with van der Waals surface area (Å²) in [7, 11) is -2.65. The van der Waals surface area contributed by atoms with Crippen molar-refractivity contribution in [1.82, 2.24) is 5.32 Å². The summed E-state index contributed by atoms with van der Waals surface area (Å²) in [6.07, 6.45) is -0.116. The molecule has 1 N–H and O–H groups in total. The number of benzene rings is 2. The SMILES string of the molecule is COC(=O)C1CC(NC(=O)c2c(F)cccc2Sc2ccc(Cl)cc2)CS1(=O)=O. The fraction of sp³-hybridized carbons (Fsp3) is 0.263. The highest BCUT2D eigenvalue weighted by molar-refractivity contribution is 7.99. The molecule has 1 fully saturated rings. The van der Waals surface area contributed by atoms with E-state index in [4.69, 9.17) is 11.6 Å². The van der Waals surface area contributed by atoms with Gasteiger partial charge in [-0.25, -0.2) is 12.8 Å². The minimum absolute atomic E-state index is 0.116. The first kappa shape index (κ1) is 21.6. The van der Waals surface area contributed by atoms with E-state index in [-0.39, 0.29) is 12.0 Å². The first-order chi connectivity index (χ1) is 13.7. The van der Waals surface area contributed by atoms with Crippen molar-refractivity contribution in [1.29, 1.82) is 0 Å². The van der Waals surface area contributed by atoms with E-state index in [0.717, 1.165) is 18.1 Å². The van der Waals surface area contributed by atoms with E-state index >= 15 is 0 Å². The van der Waals surface area contributed by atoms with Crippen LogP contribution >= 0.6 is 23.4 Å². The van der Waals surface area contributed by atoms with Crippen molar-refractivity contribution in [3.05, 3.63) is 58.9 Å². The van der Waals surface area contributed by atoms with Gasteiger partial charge < -0.3 is 10.1 Å². The fourth-order valence-corrected chi connectivity index (χ4v) is 6.06. The van der Waals surface area contributed by atoms with Crippen LogP contribution in [0.2, 0.25) is 5.02 Å². The number of sulfone groups is 1. The van der Waals surface area contributed by atoms with Gasteiger partial charge in [0.15, 0.2) is 15.1 Å². The molecule has 2 aromatic rings. The lowest BCUT2D eigenvalue weighted by Crippen LogP contribution is -2.36. The van der Waals surface area contributed by atoms with Gasteiger partial charge in [0.2, 0.25) is 0 Å². The van der Waals surface area contributed by atoms with E-state index in [9.17, 15) is 22.4 Å². The smallest absolute Gasteiger partial charge is 0.324 e. The Morgan fingerprint density at radius 3 is 2.55 bits per heavy atom. The number of methoxy groups -OCH3 is 1. The van der Waals surface area contributed by atoms with Crippen LogP contribution < -0.4 is 5.32 Å². The van der Waals surface area contributed by atoms with Crippen LogP contribution in [0.1, 0.15) is 16.8 Å². The van der Waals surface area contributed by atoms with Gasteiger partial charge in [-0.3, -0.25) is 9.59 Å². The van der Waals surface area contributed by atoms with Gasteiger partial charge in [0.1, 0.15) is 5.82 Å². The van der Waals surface area contributed by atoms with E-state index in [1.807, 2.05) is 0 Å². The molecule has 2 aromatic carbocycles. The summed E-state index contributed by atoms with van der Waals surface area (Å²) in [6, 6.07) is 10.3. The first-order valence-electron chi connectivity index (χ1n) is 8.53. The second-order valence-electron chi connectivity index (χ2n) is 6.42. The van der Waals surface area contributed by atoms with Gasteiger partial charge in [-0.2, -0.15) is 0 Å². The Hall–Kier alpha value is -2.10. The first-order valence-corrected chi connectivity index (χ1v) is 11.4. The van der Waals surface area contributed by atoms with Crippen LogP contribution in [0.4, 0.5) is 4.39 Å². The van der Waals surface area contributed by atoms with E-state index < -0.39 is 44.6 Å². The van der Waals surface area contributed by atoms with Crippen LogP contribution in [0.5, 0.6) is 0 Å². The zero-order valence-electron chi connectivity index (χ0n) is 15.2. The quantitative estimate of drug-likeness (QED) is 0.694. The van der Waals surface area contributed by atoms with Crippen molar-refractivity contribution in [2.45, 2.75) is 27.5 Å². The zero-order valence-corrected chi connectivity index (χ0v) is 17.6. The van der Waals surface area contributed by atoms with E-state index in [2.05, 4.69) is 10.1 Å². The maximum absolute atomic E-state index is 14.5. The van der Waals surface area contributed by atoms with Crippen LogP contribution in [0.15, 0.2) is 52.3 Å². The molecular formula is C19H17ClFNO5S2. The Bertz CT molecular complexity index is 1040. The molecule has 0 saturated carbocycles. The molecule has 0 spiro atoms. The number of esters is 1. The van der Waals surface area contributed by atoms with Crippen molar-refractivity contribution >= 4 is 45.1 Å². The van der Waals surface area contributed by atoms with E-state index in [1.165, 1.54) is 17.8 Å². The van der Waals surface area contributed by atoms with Crippen molar-refractivity contribution < 1.29 is 27.1 Å². The lowest BCUT2D eigenvalue weighted by Gasteiger charge is -2.14. The van der Waals surface area contributed by atoms with E-state index in [0.29, 0.717) is 9.92 Å². The molecular weight excluding hydrogens is 441 g/mol. The number of ether oxygens (including phenoxy) is 1. The standard InChI is InChI=1S/C19H17ClFNO5S2/c1-27-19(24)16-9-12(10-29(16,25)26)22-18(23)17-14(21)3-2-4-15(17)28-13-7-5-11(20)6-8-13/h2-8,12,16H,9-10H2,1H3,(H,22,23). The molecule has 1 amide bonds. The largest absolute Gasteiger partial charge is 0.468 e. The molecule has 1 heterocycles. The summed E-state index contributed by atoms with van der Waals surface area (Å²) in [4.78, 5) is 25.6. The maximum Gasteiger partial charge on any atom is 0.324 e. The predicted molar refractivity (Wildman–Crippen MR) is 107 cm³/mol. The van der Waals surface area contributed by atoms with Crippen LogP contribution in [0.3, 0.4) is 0 Å². The predicted octanol–water partition coefficient (Wildman–Crippen LogP) is 3.09. The summed E-state index contributed by atoms with van der Waals surface area (Å²) in [6.45, 7) is 0. The molecule has 1 aliphatic rings. The number of rotatable bonds is 5. The second-order valence-corrected chi connectivity index (χ2v) is 10.2. The third-order valence-corrected chi connectivity index (χ3v) is 7.85. The number of carbonyl (C=O) groups excluding carboxylic acids is 2. The van der Waals surface area contributed by atoms with Crippen molar-refractivity contribution in [3.63, 3.8) is 0 Å². The van der Waals surface area contributed by atoms with E-state index in [1.54, 1.807) is 30.3 Å². The van der Waals surface area contributed by atoms with Gasteiger partial charge in [-0.15, -0.1) is 0 Å². The lowest BCUT2D eigenvalue weighted by atomic mass is 10.1. The minimum atomic E-state index is -3.75. The molecule has 2 unspecified atom stereocenters. The van der Waals surface area contributed by atoms with Gasteiger partial charge in [-0.05, 0) is 42.8 Å². The number of halogens is 2. The molecule has 2 atom stereocenters. The number of hydrogen-bond acceptors (Lipinski definition) is 6. The molecule has 10 heteroatoms. The average Bonchev–Trinajstić information content (AvgIpc) is 2.96. The summed E-state index contributed by atoms with van der Waals surface area (Å²) < 4.78 is 43.3. The van der Waals surface area contributed by atoms with Crippen molar-refractivity contribution in [3.8, 4) is 0 Å². The topological polar surface area (TPSA) is 89.5 Å². The van der Waals surface area contributed by atoms with Gasteiger partial charge >= 0.3 is 5.97 Å². The second kappa shape index (κ2) is 8.73. The number of hydrogen-bond donors (Lipinski definition) is 1. The molecule has 1 aliphatic heterocycles. The molecule has 3 rings (SSSR count). The Kier molecular flexibility index (Phi) is 6.50. The molecule has 29 heavy (non-hydrogen) atoms. The van der Waals surface area contributed by atoms with Gasteiger partial charge in [0.25, 0.3) is 5.91 Å². The highest BCUT2D eigenvalue weighted by atomic mass is 35.5. The zero-order chi connectivity index (χ0) is 21.2. The van der Waals surface area contributed by atoms with Crippen LogP contribution in [0.25, 0.3) is 0 Å². The van der Waals surface area contributed by atoms with Crippen LogP contribution in [-0.4, -0.2) is 44.4 Å². The van der Waals surface area contributed by atoms with Crippen LogP contribution in [-0.2, 0) is 19.4 Å². The summed E-state index contributed by atoms with van der Waals surface area (Å²) in [5.41, 5.74) is -0.189. The Labute approximate surface area is 176 Å². The number of nitrogens with one attached hydrogen (secondary N) is 1. The third kappa shape index (κ3) is 4.91. The lowest BCUT2D eigenvalue weighted by molar-refractivity contribution is -0.140. The molecule has 6 nitrogen and oxygen atoms in total. The van der Waals surface area contributed by atoms with Gasteiger partial charge in [-0.1, -0.05) is 29.4 Å². The molecule has 0 aromatic heterocycles. The Morgan fingerprint density at radius 1 is 1.21 bits per heavy atom. The van der Waals surface area contributed by atoms with Crippen molar-refractivity contribution in [2.75, 3.05) is 12.9 Å². The molecule has 0 bridgehead atoms. The summed E-state index contributed by atoms with van der Waals surface area (Å²) in [5.74, 6) is -2.75. The Balaban J connectivity index is 1.81. The molecule has 154 valence electrons. The maximum atomic E-state index is 14.5. The van der Waals surface area contributed by atoms with Crippen molar-refractivity contribution in [2.24, 2.45) is 0 Å². The number of carbonyl (C=O) groups is 2. The highest BCUT2D eigenvalue weighted by Crippen LogP contribution is 2.33. The van der Waals surface area contributed by atoms with Gasteiger partial charge in [0, 0.05) is 20.9 Å². The average molecular weight is 458 g/mol. The number of amides is 1. The molecule has 0 aliphatic carbocycles. The molecule has 0 radical (unpaired) electrons. The van der Waals surface area contributed by atoms with Gasteiger partial charge in [0.05, 0.1) is 18.4 Å². The minimum Gasteiger partial charge on any atom is -0.468 e.